The highest BCUT2D eigenvalue weighted by Crippen LogP contribution is 2.50. The molecule has 2 fully saturated rings. The zero-order chi connectivity index (χ0) is 21.8. The van der Waals surface area contributed by atoms with E-state index in [2.05, 4.69) is 9.97 Å². The van der Waals surface area contributed by atoms with Gasteiger partial charge in [0.15, 0.2) is 5.58 Å². The van der Waals surface area contributed by atoms with Crippen LogP contribution in [0.2, 0.25) is 0 Å². The Hall–Kier alpha value is -3.19. The fraction of sp³-hybridized carbons (Fsp3) is 0.320. The summed E-state index contributed by atoms with van der Waals surface area (Å²) < 4.78 is 5.95. The second-order valence-corrected chi connectivity index (χ2v) is 10.0. The fourth-order valence-corrected chi connectivity index (χ4v) is 5.83. The number of carbonyl (C=O) groups excluding carboxylic acids is 1. The lowest BCUT2D eigenvalue weighted by Gasteiger charge is -2.30. The van der Waals surface area contributed by atoms with Crippen LogP contribution in [0.4, 0.5) is 6.01 Å². The summed E-state index contributed by atoms with van der Waals surface area (Å²) in [4.78, 5) is 28.0. The molecule has 1 aliphatic carbocycles. The SMILES string of the molecule is Cc1nc(C(=O)N2C[C@H]3C[C@H]3[C@H]2CN(C)c2nc3ccccc3o2)c(-c2ccccc2)s1. The maximum atomic E-state index is 13.7. The topological polar surface area (TPSA) is 62.5 Å². The van der Waals surface area contributed by atoms with Gasteiger partial charge in [-0.3, -0.25) is 4.79 Å². The molecule has 1 saturated heterocycles. The quantitative estimate of drug-likeness (QED) is 0.440. The van der Waals surface area contributed by atoms with Crippen molar-refractivity contribution in [2.24, 2.45) is 11.8 Å². The first-order chi connectivity index (χ1) is 15.6. The number of para-hydroxylation sites is 2. The van der Waals surface area contributed by atoms with Crippen LogP contribution in [0.5, 0.6) is 0 Å². The van der Waals surface area contributed by atoms with Crippen molar-refractivity contribution in [2.75, 3.05) is 25.0 Å². The van der Waals surface area contributed by atoms with Gasteiger partial charge in [0.1, 0.15) is 11.2 Å². The van der Waals surface area contributed by atoms with Crippen LogP contribution >= 0.6 is 11.3 Å². The molecule has 32 heavy (non-hydrogen) atoms. The number of hydrogen-bond acceptors (Lipinski definition) is 6. The smallest absolute Gasteiger partial charge is 0.298 e. The van der Waals surface area contributed by atoms with Crippen molar-refractivity contribution in [3.05, 3.63) is 65.3 Å². The van der Waals surface area contributed by atoms with Crippen molar-refractivity contribution < 1.29 is 9.21 Å². The van der Waals surface area contributed by atoms with Gasteiger partial charge in [-0.1, -0.05) is 42.5 Å². The molecule has 2 aliphatic rings. The Morgan fingerprint density at radius 3 is 2.75 bits per heavy atom. The van der Waals surface area contributed by atoms with Gasteiger partial charge in [0.25, 0.3) is 11.9 Å². The predicted octanol–water partition coefficient (Wildman–Crippen LogP) is 4.86. The van der Waals surface area contributed by atoms with Crippen molar-refractivity contribution in [3.8, 4) is 10.4 Å². The van der Waals surface area contributed by atoms with E-state index in [-0.39, 0.29) is 11.9 Å². The summed E-state index contributed by atoms with van der Waals surface area (Å²) in [5, 5.41) is 0.914. The van der Waals surface area contributed by atoms with E-state index < -0.39 is 0 Å². The van der Waals surface area contributed by atoms with Crippen LogP contribution in [0.15, 0.2) is 59.0 Å². The summed E-state index contributed by atoms with van der Waals surface area (Å²) in [6, 6.07) is 18.6. The Balaban J connectivity index is 1.27. The van der Waals surface area contributed by atoms with E-state index in [1.165, 1.54) is 6.42 Å². The number of likely N-dealkylation sites (tertiary alicyclic amines) is 1. The molecule has 1 amide bonds. The summed E-state index contributed by atoms with van der Waals surface area (Å²) in [6.07, 6.45) is 1.19. The molecule has 4 aromatic rings. The summed E-state index contributed by atoms with van der Waals surface area (Å²) in [5.41, 5.74) is 3.26. The molecule has 6 nitrogen and oxygen atoms in total. The Morgan fingerprint density at radius 1 is 1.16 bits per heavy atom. The average molecular weight is 445 g/mol. The second kappa shape index (κ2) is 7.45. The summed E-state index contributed by atoms with van der Waals surface area (Å²) in [5.74, 6) is 1.18. The normalized spacial score (nSPS) is 21.7. The molecule has 6 rings (SSSR count). The number of fused-ring (bicyclic) bond motifs is 2. The highest BCUT2D eigenvalue weighted by Gasteiger charge is 2.54. The Bertz CT molecular complexity index is 1260. The first-order valence-corrected chi connectivity index (χ1v) is 11.8. The van der Waals surface area contributed by atoms with Crippen molar-refractivity contribution in [2.45, 2.75) is 19.4 Å². The number of likely N-dealkylation sites (N-methyl/N-ethyl adjacent to an activating group) is 1. The van der Waals surface area contributed by atoms with Crippen LogP contribution in [0.3, 0.4) is 0 Å². The van der Waals surface area contributed by atoms with E-state index in [1.54, 1.807) is 11.3 Å². The molecule has 0 unspecified atom stereocenters. The number of benzene rings is 2. The molecule has 162 valence electrons. The third kappa shape index (κ3) is 3.28. The number of thiazole rings is 1. The standard InChI is InChI=1S/C25H24N4O2S/c1-15-26-22(23(32-15)16-8-4-3-5-9-16)24(30)29-13-17-12-18(17)20(29)14-28(2)25-27-19-10-6-7-11-21(19)31-25/h3-11,17-18,20H,12-14H2,1-2H3/t17-,18-,20-/m1/s1. The molecular weight excluding hydrogens is 420 g/mol. The van der Waals surface area contributed by atoms with Gasteiger partial charge >= 0.3 is 0 Å². The summed E-state index contributed by atoms with van der Waals surface area (Å²) in [7, 11) is 1.99. The number of aryl methyl sites for hydroxylation is 1. The van der Waals surface area contributed by atoms with Gasteiger partial charge in [-0.25, -0.2) is 4.98 Å². The van der Waals surface area contributed by atoms with Gasteiger partial charge < -0.3 is 14.2 Å². The number of oxazole rings is 1. The summed E-state index contributed by atoms with van der Waals surface area (Å²) >= 11 is 1.59. The lowest BCUT2D eigenvalue weighted by molar-refractivity contribution is 0.0706. The Labute approximate surface area is 190 Å². The number of anilines is 1. The van der Waals surface area contributed by atoms with Crippen LogP contribution in [0.25, 0.3) is 21.5 Å². The minimum absolute atomic E-state index is 0.0383. The fourth-order valence-electron chi connectivity index (χ4n) is 4.91. The number of aromatic nitrogens is 2. The molecular formula is C25H24N4O2S. The zero-order valence-electron chi connectivity index (χ0n) is 18.1. The first-order valence-electron chi connectivity index (χ1n) is 11.0. The number of rotatable bonds is 5. The van der Waals surface area contributed by atoms with Crippen LogP contribution < -0.4 is 4.90 Å². The van der Waals surface area contributed by atoms with Gasteiger partial charge in [0.05, 0.1) is 15.9 Å². The minimum Gasteiger partial charge on any atom is -0.423 e. The number of amides is 1. The highest BCUT2D eigenvalue weighted by molar-refractivity contribution is 7.15. The first kappa shape index (κ1) is 19.5. The molecule has 0 N–H and O–H groups in total. The lowest BCUT2D eigenvalue weighted by atomic mass is 10.1. The van der Waals surface area contributed by atoms with E-state index in [1.807, 2.05) is 78.4 Å². The van der Waals surface area contributed by atoms with E-state index >= 15 is 0 Å². The number of nitrogens with zero attached hydrogens (tertiary/aromatic N) is 4. The number of hydrogen-bond donors (Lipinski definition) is 0. The minimum atomic E-state index is 0.0383. The second-order valence-electron chi connectivity index (χ2n) is 8.81. The molecule has 0 bridgehead atoms. The predicted molar refractivity (Wildman–Crippen MR) is 126 cm³/mol. The Morgan fingerprint density at radius 2 is 1.94 bits per heavy atom. The molecule has 3 heterocycles. The monoisotopic (exact) mass is 444 g/mol. The molecule has 7 heteroatoms. The Kier molecular flexibility index (Phi) is 4.54. The van der Waals surface area contributed by atoms with E-state index in [0.717, 1.165) is 33.1 Å². The third-order valence-corrected chi connectivity index (χ3v) is 7.63. The largest absolute Gasteiger partial charge is 0.423 e. The third-order valence-electron chi connectivity index (χ3n) is 6.61. The maximum absolute atomic E-state index is 13.7. The van der Waals surface area contributed by atoms with E-state index in [9.17, 15) is 4.79 Å². The molecule has 1 saturated carbocycles. The summed E-state index contributed by atoms with van der Waals surface area (Å²) in [6.45, 7) is 3.47. The molecule has 2 aromatic carbocycles. The van der Waals surface area contributed by atoms with Crippen LogP contribution in [-0.2, 0) is 0 Å². The lowest BCUT2D eigenvalue weighted by Crippen LogP contribution is -2.45. The van der Waals surface area contributed by atoms with Crippen LogP contribution in [-0.4, -0.2) is 47.0 Å². The molecule has 0 radical (unpaired) electrons. The number of piperidine rings is 1. The van der Waals surface area contributed by atoms with Crippen molar-refractivity contribution in [1.29, 1.82) is 0 Å². The van der Waals surface area contributed by atoms with Gasteiger partial charge in [0.2, 0.25) is 0 Å². The van der Waals surface area contributed by atoms with E-state index in [4.69, 9.17) is 4.42 Å². The van der Waals surface area contributed by atoms with Crippen LogP contribution in [0, 0.1) is 18.8 Å². The van der Waals surface area contributed by atoms with Crippen molar-refractivity contribution >= 4 is 34.4 Å². The molecule has 1 aliphatic heterocycles. The van der Waals surface area contributed by atoms with E-state index in [0.29, 0.717) is 30.1 Å². The maximum Gasteiger partial charge on any atom is 0.298 e. The zero-order valence-corrected chi connectivity index (χ0v) is 18.9. The van der Waals surface area contributed by atoms with Crippen LogP contribution in [0.1, 0.15) is 21.9 Å². The number of carbonyl (C=O) groups is 1. The van der Waals surface area contributed by atoms with Crippen molar-refractivity contribution in [3.63, 3.8) is 0 Å². The van der Waals surface area contributed by atoms with Crippen molar-refractivity contribution in [1.82, 2.24) is 14.9 Å². The van der Waals surface area contributed by atoms with Gasteiger partial charge in [-0.05, 0) is 42.9 Å². The highest BCUT2D eigenvalue weighted by atomic mass is 32.1. The van der Waals surface area contributed by atoms with Gasteiger partial charge in [-0.2, -0.15) is 4.98 Å². The molecule has 2 aromatic heterocycles. The van der Waals surface area contributed by atoms with Gasteiger partial charge in [0, 0.05) is 20.1 Å². The average Bonchev–Trinajstić information content (AvgIpc) is 3.12. The van der Waals surface area contributed by atoms with Gasteiger partial charge in [-0.15, -0.1) is 11.3 Å². The molecule has 0 spiro atoms. The molecule has 3 atom stereocenters.